The number of aliphatic carboxylic acids is 1. The van der Waals surface area contributed by atoms with E-state index in [9.17, 15) is 9.59 Å². The number of carboxylic acids is 1. The lowest BCUT2D eigenvalue weighted by molar-refractivity contribution is -0.139. The van der Waals surface area contributed by atoms with Gasteiger partial charge in [-0.1, -0.05) is 0 Å². The van der Waals surface area contributed by atoms with E-state index >= 15 is 0 Å². The van der Waals surface area contributed by atoms with E-state index in [1.54, 1.807) is 11.8 Å². The molecule has 0 radical (unpaired) electrons. The highest BCUT2D eigenvalue weighted by Gasteiger charge is 2.23. The van der Waals surface area contributed by atoms with Gasteiger partial charge < -0.3 is 15.7 Å². The van der Waals surface area contributed by atoms with Gasteiger partial charge in [-0.2, -0.15) is 11.8 Å². The fraction of sp³-hybridized carbons (Fsp3) is 0.800. The molecule has 1 atom stereocenters. The molecule has 1 fully saturated rings. The van der Waals surface area contributed by atoms with E-state index < -0.39 is 12.0 Å². The molecule has 1 rings (SSSR count). The molecule has 92 valence electrons. The molecule has 1 aliphatic rings. The Hall–Kier alpha value is -0.910. The summed E-state index contributed by atoms with van der Waals surface area (Å²) in [6.45, 7) is 0.653. The maximum Gasteiger partial charge on any atom is 0.326 e. The minimum absolute atomic E-state index is 0.375. The molecule has 0 saturated heterocycles. The minimum atomic E-state index is -0.976. The molecule has 2 amide bonds. The summed E-state index contributed by atoms with van der Waals surface area (Å²) in [5, 5.41) is 14.0. The summed E-state index contributed by atoms with van der Waals surface area (Å²) in [6, 6.07) is -1.16. The fourth-order valence-corrected chi connectivity index (χ4v) is 1.73. The summed E-state index contributed by atoms with van der Waals surface area (Å²) >= 11 is 1.57. The molecule has 0 aromatic carbocycles. The van der Waals surface area contributed by atoms with Crippen LogP contribution >= 0.6 is 11.8 Å². The Morgan fingerprint density at radius 1 is 1.50 bits per heavy atom. The van der Waals surface area contributed by atoms with Crippen LogP contribution in [-0.4, -0.2) is 41.7 Å². The van der Waals surface area contributed by atoms with Crippen LogP contribution in [0, 0.1) is 5.92 Å². The normalized spacial score (nSPS) is 16.6. The molecule has 0 unspecified atom stereocenters. The van der Waals surface area contributed by atoms with Gasteiger partial charge in [0.05, 0.1) is 0 Å². The third-order valence-electron chi connectivity index (χ3n) is 2.46. The number of nitrogens with one attached hydrogen (secondary N) is 2. The topological polar surface area (TPSA) is 78.4 Å². The fourth-order valence-electron chi connectivity index (χ4n) is 1.26. The lowest BCUT2D eigenvalue weighted by atomic mass is 10.2. The second-order valence-electron chi connectivity index (χ2n) is 3.97. The van der Waals surface area contributed by atoms with Crippen molar-refractivity contribution in [3.63, 3.8) is 0 Å². The molecule has 0 heterocycles. The van der Waals surface area contributed by atoms with Crippen molar-refractivity contribution in [1.29, 1.82) is 0 Å². The van der Waals surface area contributed by atoms with Crippen LogP contribution < -0.4 is 10.6 Å². The van der Waals surface area contributed by atoms with E-state index in [0.29, 0.717) is 18.9 Å². The zero-order valence-corrected chi connectivity index (χ0v) is 10.2. The predicted octanol–water partition coefficient (Wildman–Crippen LogP) is 0.902. The number of rotatable bonds is 7. The Balaban J connectivity index is 2.22. The molecule has 0 aromatic heterocycles. The van der Waals surface area contributed by atoms with Gasteiger partial charge in [-0.05, 0) is 37.2 Å². The number of carboxylic acid groups (broad SMARTS) is 1. The molecule has 0 aliphatic heterocycles. The van der Waals surface area contributed by atoms with Gasteiger partial charge in [0.25, 0.3) is 0 Å². The van der Waals surface area contributed by atoms with E-state index in [1.807, 2.05) is 6.26 Å². The van der Waals surface area contributed by atoms with E-state index in [2.05, 4.69) is 10.6 Å². The molecule has 16 heavy (non-hydrogen) atoms. The van der Waals surface area contributed by atoms with Crippen LogP contribution in [-0.2, 0) is 4.79 Å². The van der Waals surface area contributed by atoms with E-state index in [-0.39, 0.29) is 6.03 Å². The highest BCUT2D eigenvalue weighted by molar-refractivity contribution is 7.98. The third kappa shape index (κ3) is 5.25. The molecule has 5 nitrogen and oxygen atoms in total. The van der Waals surface area contributed by atoms with Crippen LogP contribution in [0.5, 0.6) is 0 Å². The van der Waals surface area contributed by atoms with Gasteiger partial charge >= 0.3 is 12.0 Å². The van der Waals surface area contributed by atoms with Gasteiger partial charge in [0.15, 0.2) is 0 Å². The number of thioether (sulfide) groups is 1. The van der Waals surface area contributed by atoms with Crippen molar-refractivity contribution in [3.05, 3.63) is 0 Å². The number of hydrogen-bond donors (Lipinski definition) is 3. The standard InChI is InChI=1S/C10H18N2O3S/c1-16-5-4-8(9(13)14)12-10(15)11-6-7-2-3-7/h7-8H,2-6H2,1H3,(H,13,14)(H2,11,12,15)/t8-/m1/s1. The number of urea groups is 1. The molecule has 0 spiro atoms. The van der Waals surface area contributed by atoms with Crippen LogP contribution in [0.4, 0.5) is 4.79 Å². The van der Waals surface area contributed by atoms with Crippen LogP contribution in [0.2, 0.25) is 0 Å². The Labute approximate surface area is 99.4 Å². The second kappa shape index (κ2) is 6.62. The maximum absolute atomic E-state index is 11.4. The lowest BCUT2D eigenvalue weighted by Gasteiger charge is -2.14. The van der Waals surface area contributed by atoms with Gasteiger partial charge in [0.2, 0.25) is 0 Å². The van der Waals surface area contributed by atoms with Crippen molar-refractivity contribution in [2.45, 2.75) is 25.3 Å². The molecular formula is C10H18N2O3S. The Kier molecular flexibility index (Phi) is 5.45. The van der Waals surface area contributed by atoms with E-state index in [4.69, 9.17) is 5.11 Å². The Morgan fingerprint density at radius 3 is 2.69 bits per heavy atom. The average Bonchev–Trinajstić information content (AvgIpc) is 3.04. The lowest BCUT2D eigenvalue weighted by Crippen LogP contribution is -2.46. The van der Waals surface area contributed by atoms with Gasteiger partial charge in [-0.15, -0.1) is 0 Å². The molecule has 0 bridgehead atoms. The van der Waals surface area contributed by atoms with Crippen molar-refractivity contribution in [2.75, 3.05) is 18.6 Å². The summed E-state index contributed by atoms with van der Waals surface area (Å²) in [5.74, 6) is 0.343. The number of carbonyl (C=O) groups is 2. The summed E-state index contributed by atoms with van der Waals surface area (Å²) in [4.78, 5) is 22.2. The monoisotopic (exact) mass is 246 g/mol. The average molecular weight is 246 g/mol. The van der Waals surface area contributed by atoms with Crippen molar-refractivity contribution in [2.24, 2.45) is 5.92 Å². The van der Waals surface area contributed by atoms with Crippen molar-refractivity contribution in [3.8, 4) is 0 Å². The summed E-state index contributed by atoms with van der Waals surface area (Å²) in [7, 11) is 0. The van der Waals surface area contributed by atoms with E-state index in [0.717, 1.165) is 18.6 Å². The van der Waals surface area contributed by atoms with Crippen LogP contribution in [0.3, 0.4) is 0 Å². The summed E-state index contributed by atoms with van der Waals surface area (Å²) in [6.07, 6.45) is 4.68. The Bertz CT molecular complexity index is 256. The van der Waals surface area contributed by atoms with Crippen molar-refractivity contribution >= 4 is 23.8 Å². The first-order valence-electron chi connectivity index (χ1n) is 5.39. The maximum atomic E-state index is 11.4. The number of hydrogen-bond acceptors (Lipinski definition) is 3. The zero-order chi connectivity index (χ0) is 12.0. The minimum Gasteiger partial charge on any atom is -0.480 e. The first-order valence-corrected chi connectivity index (χ1v) is 6.79. The van der Waals surface area contributed by atoms with Gasteiger partial charge in [-0.25, -0.2) is 9.59 Å². The Morgan fingerprint density at radius 2 is 2.19 bits per heavy atom. The highest BCUT2D eigenvalue weighted by atomic mass is 32.2. The number of carbonyl (C=O) groups excluding carboxylic acids is 1. The van der Waals surface area contributed by atoms with Gasteiger partial charge in [-0.3, -0.25) is 0 Å². The molecule has 3 N–H and O–H groups in total. The SMILES string of the molecule is CSCC[C@@H](NC(=O)NCC1CC1)C(=O)O. The van der Waals surface area contributed by atoms with Crippen LogP contribution in [0.1, 0.15) is 19.3 Å². The first kappa shape index (κ1) is 13.2. The molecule has 0 aromatic rings. The first-order chi connectivity index (χ1) is 7.63. The van der Waals surface area contributed by atoms with Gasteiger partial charge in [0, 0.05) is 6.54 Å². The second-order valence-corrected chi connectivity index (χ2v) is 4.96. The number of amides is 2. The third-order valence-corrected chi connectivity index (χ3v) is 3.11. The van der Waals surface area contributed by atoms with Crippen LogP contribution in [0.15, 0.2) is 0 Å². The zero-order valence-electron chi connectivity index (χ0n) is 9.36. The van der Waals surface area contributed by atoms with E-state index in [1.165, 1.54) is 0 Å². The predicted molar refractivity (Wildman–Crippen MR) is 63.7 cm³/mol. The molecular weight excluding hydrogens is 228 g/mol. The molecule has 1 saturated carbocycles. The summed E-state index contributed by atoms with van der Waals surface area (Å²) in [5.41, 5.74) is 0. The summed E-state index contributed by atoms with van der Waals surface area (Å²) < 4.78 is 0. The largest absolute Gasteiger partial charge is 0.480 e. The highest BCUT2D eigenvalue weighted by Crippen LogP contribution is 2.27. The van der Waals surface area contributed by atoms with Crippen LogP contribution in [0.25, 0.3) is 0 Å². The van der Waals surface area contributed by atoms with Crippen molar-refractivity contribution in [1.82, 2.24) is 10.6 Å². The molecule has 6 heteroatoms. The molecule has 1 aliphatic carbocycles. The van der Waals surface area contributed by atoms with Crippen molar-refractivity contribution < 1.29 is 14.7 Å². The quantitative estimate of drug-likeness (QED) is 0.623. The smallest absolute Gasteiger partial charge is 0.326 e. The van der Waals surface area contributed by atoms with Gasteiger partial charge in [0.1, 0.15) is 6.04 Å².